The molecule has 0 saturated carbocycles. The molecule has 4 nitrogen and oxygen atoms in total. The van der Waals surface area contributed by atoms with Gasteiger partial charge in [-0.15, -0.1) is 11.8 Å². The van der Waals surface area contributed by atoms with E-state index in [-0.39, 0.29) is 9.80 Å². The minimum absolute atomic E-state index is 0.0792. The first kappa shape index (κ1) is 15.9. The van der Waals surface area contributed by atoms with E-state index in [0.717, 1.165) is 10.6 Å². The molecule has 116 valence electrons. The van der Waals surface area contributed by atoms with Crippen molar-refractivity contribution in [3.05, 3.63) is 58.6 Å². The highest BCUT2D eigenvalue weighted by atomic mass is 35.5. The third-order valence-corrected chi connectivity index (χ3v) is 6.11. The molecule has 2 aromatic carbocycles. The molecule has 0 spiro atoms. The SMILES string of the molecule is CSc1cccc(N2C=C(C#N)S(=O)(=O)c3ccc(Cl)cc32)c1. The van der Waals surface area contributed by atoms with Gasteiger partial charge >= 0.3 is 0 Å². The summed E-state index contributed by atoms with van der Waals surface area (Å²) in [5.41, 5.74) is 1.21. The van der Waals surface area contributed by atoms with Gasteiger partial charge in [-0.25, -0.2) is 8.42 Å². The van der Waals surface area contributed by atoms with Crippen LogP contribution < -0.4 is 4.90 Å². The summed E-state index contributed by atoms with van der Waals surface area (Å²) in [5.74, 6) is 0. The van der Waals surface area contributed by atoms with Crippen molar-refractivity contribution in [2.24, 2.45) is 0 Å². The van der Waals surface area contributed by atoms with Crippen LogP contribution in [0.3, 0.4) is 0 Å². The quantitative estimate of drug-likeness (QED) is 0.743. The Hall–Kier alpha value is -1.94. The van der Waals surface area contributed by atoms with Gasteiger partial charge in [-0.05, 0) is 42.7 Å². The number of halogens is 1. The topological polar surface area (TPSA) is 61.2 Å². The van der Waals surface area contributed by atoms with Gasteiger partial charge in [0.1, 0.15) is 6.07 Å². The number of anilines is 2. The van der Waals surface area contributed by atoms with E-state index in [1.165, 1.54) is 18.3 Å². The van der Waals surface area contributed by atoms with E-state index < -0.39 is 9.84 Å². The summed E-state index contributed by atoms with van der Waals surface area (Å²) in [5, 5.41) is 9.65. The van der Waals surface area contributed by atoms with Crippen LogP contribution in [0.15, 0.2) is 63.4 Å². The smallest absolute Gasteiger partial charge is 0.220 e. The third kappa shape index (κ3) is 2.72. The van der Waals surface area contributed by atoms with Crippen LogP contribution >= 0.6 is 23.4 Å². The molecular formula is C16H11ClN2O2S2. The molecule has 0 aromatic heterocycles. The summed E-state index contributed by atoms with van der Waals surface area (Å²) in [4.78, 5) is 2.50. The Balaban J connectivity index is 2.28. The van der Waals surface area contributed by atoms with Gasteiger partial charge in [-0.3, -0.25) is 0 Å². The summed E-state index contributed by atoms with van der Waals surface area (Å²) in [7, 11) is -3.81. The molecule has 0 bridgehead atoms. The Morgan fingerprint density at radius 1 is 1.22 bits per heavy atom. The van der Waals surface area contributed by atoms with Gasteiger partial charge in [0.15, 0.2) is 4.91 Å². The lowest BCUT2D eigenvalue weighted by Crippen LogP contribution is -2.21. The van der Waals surface area contributed by atoms with Crippen LogP contribution in [0.1, 0.15) is 0 Å². The number of nitriles is 1. The maximum absolute atomic E-state index is 12.5. The van der Waals surface area contributed by atoms with Crippen molar-refractivity contribution < 1.29 is 8.42 Å². The zero-order valence-corrected chi connectivity index (χ0v) is 14.4. The molecule has 23 heavy (non-hydrogen) atoms. The van der Waals surface area contributed by atoms with E-state index in [1.807, 2.05) is 30.5 Å². The van der Waals surface area contributed by atoms with Crippen LogP contribution in [0.25, 0.3) is 0 Å². The first-order valence-corrected chi connectivity index (χ1v) is 9.66. The van der Waals surface area contributed by atoms with Crippen molar-refractivity contribution in [3.8, 4) is 6.07 Å². The molecule has 0 fully saturated rings. The van der Waals surface area contributed by atoms with E-state index in [1.54, 1.807) is 28.8 Å². The summed E-state index contributed by atoms with van der Waals surface area (Å²) in [6.45, 7) is 0. The fraction of sp³-hybridized carbons (Fsp3) is 0.0625. The highest BCUT2D eigenvalue weighted by Gasteiger charge is 2.32. The van der Waals surface area contributed by atoms with Gasteiger partial charge in [0.25, 0.3) is 0 Å². The minimum atomic E-state index is -3.81. The predicted molar refractivity (Wildman–Crippen MR) is 92.7 cm³/mol. The highest BCUT2D eigenvalue weighted by Crippen LogP contribution is 2.41. The normalized spacial score (nSPS) is 15.5. The Labute approximate surface area is 143 Å². The molecule has 0 unspecified atom stereocenters. The zero-order valence-electron chi connectivity index (χ0n) is 12.0. The van der Waals surface area contributed by atoms with Gasteiger partial charge in [0, 0.05) is 21.8 Å². The second-order valence-electron chi connectivity index (χ2n) is 4.79. The van der Waals surface area contributed by atoms with Crippen molar-refractivity contribution in [1.82, 2.24) is 0 Å². The Morgan fingerprint density at radius 3 is 2.70 bits per heavy atom. The molecular weight excluding hydrogens is 352 g/mol. The summed E-state index contributed by atoms with van der Waals surface area (Å²) < 4.78 is 25.0. The van der Waals surface area contributed by atoms with E-state index in [2.05, 4.69) is 0 Å². The lowest BCUT2D eigenvalue weighted by molar-refractivity contribution is 0.602. The average molecular weight is 363 g/mol. The van der Waals surface area contributed by atoms with Crippen molar-refractivity contribution >= 4 is 44.6 Å². The Morgan fingerprint density at radius 2 is 2.00 bits per heavy atom. The average Bonchev–Trinajstić information content (AvgIpc) is 2.54. The molecule has 3 rings (SSSR count). The Kier molecular flexibility index (Phi) is 4.11. The molecule has 0 N–H and O–H groups in total. The van der Waals surface area contributed by atoms with E-state index in [4.69, 9.17) is 11.6 Å². The van der Waals surface area contributed by atoms with Crippen LogP contribution in [-0.4, -0.2) is 14.7 Å². The van der Waals surface area contributed by atoms with Gasteiger partial charge in [-0.2, -0.15) is 5.26 Å². The number of thioether (sulfide) groups is 1. The van der Waals surface area contributed by atoms with Crippen LogP contribution in [-0.2, 0) is 9.84 Å². The summed E-state index contributed by atoms with van der Waals surface area (Å²) in [6.07, 6.45) is 3.30. The minimum Gasteiger partial charge on any atom is -0.314 e. The first-order valence-electron chi connectivity index (χ1n) is 6.57. The molecule has 0 amide bonds. The number of hydrogen-bond donors (Lipinski definition) is 0. The van der Waals surface area contributed by atoms with E-state index in [0.29, 0.717) is 10.7 Å². The van der Waals surface area contributed by atoms with Crippen LogP contribution in [0.2, 0.25) is 5.02 Å². The lowest BCUT2D eigenvalue weighted by atomic mass is 10.2. The second kappa shape index (κ2) is 5.93. The second-order valence-corrected chi connectivity index (χ2v) is 7.99. The van der Waals surface area contributed by atoms with Crippen molar-refractivity contribution in [3.63, 3.8) is 0 Å². The van der Waals surface area contributed by atoms with Crippen LogP contribution in [0.5, 0.6) is 0 Å². The van der Waals surface area contributed by atoms with Gasteiger partial charge in [-0.1, -0.05) is 17.7 Å². The van der Waals surface area contributed by atoms with Gasteiger partial charge in [0.05, 0.1) is 10.6 Å². The molecule has 1 aliphatic rings. The Bertz CT molecular complexity index is 962. The molecule has 1 aliphatic heterocycles. The van der Waals surface area contributed by atoms with Gasteiger partial charge < -0.3 is 4.90 Å². The predicted octanol–water partition coefficient (Wildman–Crippen LogP) is 4.35. The third-order valence-electron chi connectivity index (χ3n) is 3.45. The number of benzene rings is 2. The number of fused-ring (bicyclic) bond motifs is 1. The van der Waals surface area contributed by atoms with Crippen molar-refractivity contribution in [2.45, 2.75) is 9.79 Å². The zero-order chi connectivity index (χ0) is 16.6. The number of rotatable bonds is 2. The largest absolute Gasteiger partial charge is 0.314 e. The van der Waals surface area contributed by atoms with Crippen LogP contribution in [0, 0.1) is 11.3 Å². The number of allylic oxidation sites excluding steroid dienone is 1. The maximum atomic E-state index is 12.5. The van der Waals surface area contributed by atoms with E-state index >= 15 is 0 Å². The standard InChI is InChI=1S/C16H11ClN2O2S2/c1-22-13-4-2-3-12(8-13)19-10-14(9-18)23(20,21)16-6-5-11(17)7-15(16)19/h2-8,10H,1H3. The molecule has 0 atom stereocenters. The molecule has 0 aliphatic carbocycles. The lowest BCUT2D eigenvalue weighted by Gasteiger charge is -2.28. The first-order chi connectivity index (χ1) is 11.0. The maximum Gasteiger partial charge on any atom is 0.220 e. The van der Waals surface area contributed by atoms with E-state index in [9.17, 15) is 13.7 Å². The monoisotopic (exact) mass is 362 g/mol. The molecule has 0 radical (unpaired) electrons. The molecule has 1 heterocycles. The van der Waals surface area contributed by atoms with Crippen LogP contribution in [0.4, 0.5) is 11.4 Å². The number of sulfone groups is 1. The number of hydrogen-bond acceptors (Lipinski definition) is 5. The molecule has 7 heteroatoms. The number of nitrogens with zero attached hydrogens (tertiary/aromatic N) is 2. The summed E-state index contributed by atoms with van der Waals surface area (Å²) in [6, 6.07) is 13.9. The molecule has 2 aromatic rings. The highest BCUT2D eigenvalue weighted by molar-refractivity contribution is 7.98. The fourth-order valence-corrected chi connectivity index (χ4v) is 4.24. The summed E-state index contributed by atoms with van der Waals surface area (Å²) >= 11 is 7.62. The van der Waals surface area contributed by atoms with Crippen molar-refractivity contribution in [2.75, 3.05) is 11.2 Å². The fourth-order valence-electron chi connectivity index (χ4n) is 2.34. The van der Waals surface area contributed by atoms with Crippen molar-refractivity contribution in [1.29, 1.82) is 5.26 Å². The van der Waals surface area contributed by atoms with Gasteiger partial charge in [0.2, 0.25) is 9.84 Å². The molecule has 0 saturated heterocycles.